The molecule has 2 aliphatic heterocycles. The summed E-state index contributed by atoms with van der Waals surface area (Å²) in [5.41, 5.74) is 3.59. The first-order valence-corrected chi connectivity index (χ1v) is 12.2. The molecule has 8 heteroatoms. The molecular weight excluding hydrogens is 431 g/mol. The first kappa shape index (κ1) is 24.1. The highest BCUT2D eigenvalue weighted by Gasteiger charge is 2.23. The lowest BCUT2D eigenvalue weighted by atomic mass is 10.0. The summed E-state index contributed by atoms with van der Waals surface area (Å²) in [6.45, 7) is 12.4. The van der Waals surface area contributed by atoms with Crippen molar-refractivity contribution in [3.8, 4) is 0 Å². The lowest BCUT2D eigenvalue weighted by Crippen LogP contribution is -2.44. The van der Waals surface area contributed by atoms with Gasteiger partial charge < -0.3 is 15.5 Å². The van der Waals surface area contributed by atoms with E-state index in [1.807, 2.05) is 6.07 Å². The van der Waals surface area contributed by atoms with Gasteiger partial charge in [0, 0.05) is 37.9 Å². The molecule has 1 saturated heterocycles. The van der Waals surface area contributed by atoms with E-state index in [4.69, 9.17) is 0 Å². The lowest BCUT2D eigenvalue weighted by molar-refractivity contribution is -0.127. The molecule has 2 aromatic rings. The average molecular weight is 467 g/mol. The lowest BCUT2D eigenvalue weighted by Gasteiger charge is -2.32. The molecule has 3 heterocycles. The van der Waals surface area contributed by atoms with Gasteiger partial charge in [-0.05, 0) is 67.5 Å². The second kappa shape index (κ2) is 11.0. The molecule has 1 atom stereocenters. The Bertz CT molecular complexity index is 1030. The SMILES string of the molecule is C=CC(=O)N1CCC[C@@H](Nc2nc(Nc3ccc4c(c3)CN(CC(C)C)CCC4)ncc2F)C1. The highest BCUT2D eigenvalue weighted by Crippen LogP contribution is 2.25. The van der Waals surface area contributed by atoms with Crippen molar-refractivity contribution in [2.24, 2.45) is 5.92 Å². The fourth-order valence-corrected chi connectivity index (χ4v) is 4.86. The summed E-state index contributed by atoms with van der Waals surface area (Å²) in [7, 11) is 0. The molecule has 2 aliphatic rings. The molecule has 1 fully saturated rings. The van der Waals surface area contributed by atoms with Gasteiger partial charge in [-0.15, -0.1) is 0 Å². The summed E-state index contributed by atoms with van der Waals surface area (Å²) in [5.74, 6) is 0.503. The van der Waals surface area contributed by atoms with Crippen molar-refractivity contribution in [3.63, 3.8) is 0 Å². The van der Waals surface area contributed by atoms with E-state index in [9.17, 15) is 9.18 Å². The zero-order valence-corrected chi connectivity index (χ0v) is 20.2. The van der Waals surface area contributed by atoms with E-state index in [1.165, 1.54) is 29.8 Å². The average Bonchev–Trinajstić information content (AvgIpc) is 3.01. The van der Waals surface area contributed by atoms with Gasteiger partial charge in [-0.3, -0.25) is 9.69 Å². The smallest absolute Gasteiger partial charge is 0.246 e. The van der Waals surface area contributed by atoms with Gasteiger partial charge in [0.25, 0.3) is 0 Å². The summed E-state index contributed by atoms with van der Waals surface area (Å²) >= 11 is 0. The van der Waals surface area contributed by atoms with Crippen molar-refractivity contribution in [3.05, 3.63) is 54.0 Å². The van der Waals surface area contributed by atoms with Crippen LogP contribution >= 0.6 is 0 Å². The largest absolute Gasteiger partial charge is 0.363 e. The Hall–Kier alpha value is -3.00. The fourth-order valence-electron chi connectivity index (χ4n) is 4.86. The fraction of sp³-hybridized carbons (Fsp3) is 0.500. The van der Waals surface area contributed by atoms with Crippen LogP contribution in [0.5, 0.6) is 0 Å². The number of rotatable bonds is 7. The van der Waals surface area contributed by atoms with Crippen molar-refractivity contribution in [2.45, 2.75) is 52.1 Å². The number of nitrogens with one attached hydrogen (secondary N) is 2. The number of aromatic nitrogens is 2. The third-order valence-electron chi connectivity index (χ3n) is 6.39. The van der Waals surface area contributed by atoms with E-state index in [1.54, 1.807) is 4.90 Å². The van der Waals surface area contributed by atoms with Crippen LogP contribution in [0.3, 0.4) is 0 Å². The molecule has 1 aromatic carbocycles. The quantitative estimate of drug-likeness (QED) is 0.591. The summed E-state index contributed by atoms with van der Waals surface area (Å²) < 4.78 is 14.5. The van der Waals surface area contributed by atoms with Crippen LogP contribution in [0.25, 0.3) is 0 Å². The molecule has 4 rings (SSSR count). The van der Waals surface area contributed by atoms with E-state index in [0.717, 1.165) is 44.6 Å². The van der Waals surface area contributed by atoms with Crippen LogP contribution in [-0.2, 0) is 17.8 Å². The molecule has 182 valence electrons. The monoisotopic (exact) mass is 466 g/mol. The maximum absolute atomic E-state index is 14.5. The predicted octanol–water partition coefficient (Wildman–Crippen LogP) is 4.35. The van der Waals surface area contributed by atoms with Gasteiger partial charge in [-0.25, -0.2) is 9.37 Å². The molecule has 0 aliphatic carbocycles. The summed E-state index contributed by atoms with van der Waals surface area (Å²) in [6.07, 6.45) is 6.43. The van der Waals surface area contributed by atoms with Crippen molar-refractivity contribution in [1.29, 1.82) is 0 Å². The first-order valence-electron chi connectivity index (χ1n) is 12.2. The molecule has 0 saturated carbocycles. The van der Waals surface area contributed by atoms with E-state index in [0.29, 0.717) is 25.0 Å². The van der Waals surface area contributed by atoms with E-state index in [2.05, 4.69) is 58.1 Å². The van der Waals surface area contributed by atoms with Crippen molar-refractivity contribution in [2.75, 3.05) is 36.8 Å². The number of nitrogens with zero attached hydrogens (tertiary/aromatic N) is 4. The Balaban J connectivity index is 1.46. The second-order valence-corrected chi connectivity index (χ2v) is 9.70. The molecule has 0 radical (unpaired) electrons. The number of amides is 1. The number of hydrogen-bond donors (Lipinski definition) is 2. The number of carbonyl (C=O) groups is 1. The first-order chi connectivity index (χ1) is 16.4. The minimum absolute atomic E-state index is 0.0747. The van der Waals surface area contributed by atoms with E-state index in [-0.39, 0.29) is 17.8 Å². The highest BCUT2D eigenvalue weighted by atomic mass is 19.1. The number of carbonyl (C=O) groups excluding carboxylic acids is 1. The Kier molecular flexibility index (Phi) is 7.77. The molecular formula is C26H35FN6O. The van der Waals surface area contributed by atoms with Gasteiger partial charge in [0.1, 0.15) is 0 Å². The summed E-state index contributed by atoms with van der Waals surface area (Å²) in [6, 6.07) is 6.30. The Morgan fingerprint density at radius 2 is 2.15 bits per heavy atom. The number of benzene rings is 1. The molecule has 1 amide bonds. The zero-order valence-electron chi connectivity index (χ0n) is 20.2. The van der Waals surface area contributed by atoms with Crippen LogP contribution in [0, 0.1) is 11.7 Å². The van der Waals surface area contributed by atoms with E-state index < -0.39 is 5.82 Å². The van der Waals surface area contributed by atoms with Gasteiger partial charge in [0.05, 0.1) is 6.20 Å². The molecule has 0 bridgehead atoms. The van der Waals surface area contributed by atoms with Gasteiger partial charge in [-0.1, -0.05) is 26.5 Å². The number of aryl methyl sites for hydroxylation is 1. The van der Waals surface area contributed by atoms with Crippen molar-refractivity contribution in [1.82, 2.24) is 19.8 Å². The number of piperidine rings is 1. The minimum atomic E-state index is -0.510. The summed E-state index contributed by atoms with van der Waals surface area (Å²) in [4.78, 5) is 24.7. The Morgan fingerprint density at radius 1 is 1.29 bits per heavy atom. The minimum Gasteiger partial charge on any atom is -0.363 e. The molecule has 7 nitrogen and oxygen atoms in total. The molecule has 1 aromatic heterocycles. The number of anilines is 3. The topological polar surface area (TPSA) is 73.4 Å². The maximum Gasteiger partial charge on any atom is 0.246 e. The third-order valence-corrected chi connectivity index (χ3v) is 6.39. The van der Waals surface area contributed by atoms with E-state index >= 15 is 0 Å². The van der Waals surface area contributed by atoms with Gasteiger partial charge >= 0.3 is 0 Å². The standard InChI is InChI=1S/C26H35FN6O/c1-4-24(34)33-12-6-8-22(17-33)29-25-23(27)14-28-26(31-25)30-21-10-9-19-7-5-11-32(15-18(2)3)16-20(19)13-21/h4,9-10,13-14,18,22H,1,5-8,11-12,15-17H2,2-3H3,(H2,28,29,30,31)/t22-/m1/s1. The molecule has 2 N–H and O–H groups in total. The van der Waals surface area contributed by atoms with Crippen LogP contribution < -0.4 is 10.6 Å². The molecule has 0 unspecified atom stereocenters. The van der Waals surface area contributed by atoms with Crippen LogP contribution in [0.4, 0.5) is 21.8 Å². The molecule has 0 spiro atoms. The van der Waals surface area contributed by atoms with Crippen molar-refractivity contribution < 1.29 is 9.18 Å². The van der Waals surface area contributed by atoms with Crippen LogP contribution in [0.1, 0.15) is 44.2 Å². The van der Waals surface area contributed by atoms with Crippen LogP contribution in [0.2, 0.25) is 0 Å². The second-order valence-electron chi connectivity index (χ2n) is 9.70. The zero-order chi connectivity index (χ0) is 24.1. The third kappa shape index (κ3) is 6.11. The van der Waals surface area contributed by atoms with Crippen molar-refractivity contribution >= 4 is 23.4 Å². The predicted molar refractivity (Wildman–Crippen MR) is 134 cm³/mol. The normalized spacial score (nSPS) is 18.8. The summed E-state index contributed by atoms with van der Waals surface area (Å²) in [5, 5.41) is 6.41. The van der Waals surface area contributed by atoms with Gasteiger partial charge in [-0.2, -0.15) is 4.98 Å². The molecule has 34 heavy (non-hydrogen) atoms. The Labute approximate surface area is 201 Å². The van der Waals surface area contributed by atoms with Gasteiger partial charge in [0.15, 0.2) is 11.6 Å². The number of likely N-dealkylation sites (tertiary alicyclic amines) is 1. The van der Waals surface area contributed by atoms with Crippen LogP contribution in [-0.4, -0.2) is 57.9 Å². The van der Waals surface area contributed by atoms with Crippen LogP contribution in [0.15, 0.2) is 37.1 Å². The number of hydrogen-bond acceptors (Lipinski definition) is 6. The maximum atomic E-state index is 14.5. The highest BCUT2D eigenvalue weighted by molar-refractivity contribution is 5.87. The number of halogens is 1. The number of fused-ring (bicyclic) bond motifs is 1. The Morgan fingerprint density at radius 3 is 2.94 bits per heavy atom. The van der Waals surface area contributed by atoms with Gasteiger partial charge in [0.2, 0.25) is 11.9 Å².